The lowest BCUT2D eigenvalue weighted by Gasteiger charge is -2.16. The van der Waals surface area contributed by atoms with Crippen molar-refractivity contribution in [2.45, 2.75) is 38.5 Å². The molecule has 0 aromatic heterocycles. The summed E-state index contributed by atoms with van der Waals surface area (Å²) in [5, 5.41) is 2.86. The highest BCUT2D eigenvalue weighted by molar-refractivity contribution is 7.84. The average molecular weight is 234 g/mol. The van der Waals surface area contributed by atoms with Crippen LogP contribution in [0.2, 0.25) is 0 Å². The molecule has 0 saturated heterocycles. The Bertz CT molecular complexity index is 231. The van der Waals surface area contributed by atoms with Gasteiger partial charge in [0.15, 0.2) is 0 Å². The molecule has 0 aliphatic carbocycles. The lowest BCUT2D eigenvalue weighted by molar-refractivity contribution is -0.123. The Morgan fingerprint density at radius 1 is 1.40 bits per heavy atom. The average Bonchev–Trinajstić information content (AvgIpc) is 2.15. The number of hydrogen-bond acceptors (Lipinski definition) is 3. The second-order valence-electron chi connectivity index (χ2n) is 4.16. The molecule has 5 heteroatoms. The molecular weight excluding hydrogens is 212 g/mol. The highest BCUT2D eigenvalue weighted by Crippen LogP contribution is 2.00. The molecular formula is C10H22N2O2S. The Kier molecular flexibility index (Phi) is 6.76. The largest absolute Gasteiger partial charge is 0.355 e. The molecule has 2 unspecified atom stereocenters. The van der Waals surface area contributed by atoms with Gasteiger partial charge in [0.25, 0.3) is 0 Å². The minimum Gasteiger partial charge on any atom is -0.355 e. The van der Waals surface area contributed by atoms with Crippen LogP contribution in [0.4, 0.5) is 0 Å². The number of carbonyl (C=O) groups excluding carboxylic acids is 1. The Morgan fingerprint density at radius 3 is 2.33 bits per heavy atom. The van der Waals surface area contributed by atoms with Gasteiger partial charge in [-0.2, -0.15) is 0 Å². The van der Waals surface area contributed by atoms with Crippen LogP contribution in [0.15, 0.2) is 0 Å². The summed E-state index contributed by atoms with van der Waals surface area (Å²) in [5.41, 5.74) is 5.66. The summed E-state index contributed by atoms with van der Waals surface area (Å²) in [4.78, 5) is 11.4. The van der Waals surface area contributed by atoms with Gasteiger partial charge in [-0.3, -0.25) is 9.00 Å². The van der Waals surface area contributed by atoms with Crippen molar-refractivity contribution in [1.82, 2.24) is 5.32 Å². The summed E-state index contributed by atoms with van der Waals surface area (Å²) in [5.74, 6) is 0.0156. The monoisotopic (exact) mass is 234 g/mol. The standard InChI is InChI=1S/C10H22N2O2S/c1-7(2)9(11)10(13)12-6-5-8(3)15(4)14/h7-9H,5-6,11H2,1-4H3,(H,12,13)/t8?,9-,15?/m1/s1. The van der Waals surface area contributed by atoms with E-state index in [2.05, 4.69) is 5.32 Å². The molecule has 0 rings (SSSR count). The molecule has 0 aliphatic heterocycles. The Morgan fingerprint density at radius 2 is 1.93 bits per heavy atom. The fraction of sp³-hybridized carbons (Fsp3) is 0.900. The molecule has 1 amide bonds. The first kappa shape index (κ1) is 14.6. The van der Waals surface area contributed by atoms with Crippen molar-refractivity contribution < 1.29 is 9.00 Å². The zero-order chi connectivity index (χ0) is 12.0. The van der Waals surface area contributed by atoms with E-state index in [-0.39, 0.29) is 17.1 Å². The van der Waals surface area contributed by atoms with Gasteiger partial charge in [0.1, 0.15) is 0 Å². The number of nitrogens with two attached hydrogens (primary N) is 1. The van der Waals surface area contributed by atoms with Crippen molar-refractivity contribution in [3.8, 4) is 0 Å². The fourth-order valence-electron chi connectivity index (χ4n) is 0.985. The molecule has 0 bridgehead atoms. The topological polar surface area (TPSA) is 72.2 Å². The molecule has 3 N–H and O–H groups in total. The summed E-state index contributed by atoms with van der Waals surface area (Å²) in [6, 6.07) is -0.451. The maximum absolute atomic E-state index is 11.4. The van der Waals surface area contributed by atoms with Crippen LogP contribution in [0.5, 0.6) is 0 Å². The van der Waals surface area contributed by atoms with Crippen LogP contribution in [-0.2, 0) is 15.6 Å². The van der Waals surface area contributed by atoms with E-state index in [9.17, 15) is 9.00 Å². The Hall–Kier alpha value is -0.420. The SMILES string of the molecule is CC(C)[C@@H](N)C(=O)NCCC(C)S(C)=O. The van der Waals surface area contributed by atoms with Crippen molar-refractivity contribution in [2.75, 3.05) is 12.8 Å². The molecule has 0 fully saturated rings. The van der Waals surface area contributed by atoms with Crippen molar-refractivity contribution in [3.63, 3.8) is 0 Å². The first-order valence-electron chi connectivity index (χ1n) is 5.21. The van der Waals surface area contributed by atoms with Gasteiger partial charge in [0.05, 0.1) is 6.04 Å². The van der Waals surface area contributed by atoms with Gasteiger partial charge in [-0.15, -0.1) is 0 Å². The van der Waals surface area contributed by atoms with E-state index in [1.54, 1.807) is 6.26 Å². The molecule has 4 nitrogen and oxygen atoms in total. The van der Waals surface area contributed by atoms with E-state index < -0.39 is 16.8 Å². The summed E-state index contributed by atoms with van der Waals surface area (Å²) < 4.78 is 11.0. The number of nitrogens with one attached hydrogen (secondary N) is 1. The highest BCUT2D eigenvalue weighted by Gasteiger charge is 2.16. The Labute approximate surface area is 94.4 Å². The predicted octanol–water partition coefficient (Wildman–Crippen LogP) is 0.243. The van der Waals surface area contributed by atoms with Gasteiger partial charge in [0.2, 0.25) is 5.91 Å². The summed E-state index contributed by atoms with van der Waals surface area (Å²) in [6.45, 7) is 6.27. The summed E-state index contributed by atoms with van der Waals surface area (Å²) in [6.07, 6.45) is 2.39. The molecule has 0 aliphatic rings. The number of carbonyl (C=O) groups is 1. The van der Waals surface area contributed by atoms with Crippen LogP contribution in [-0.4, -0.2) is 34.2 Å². The number of amides is 1. The molecule has 3 atom stereocenters. The molecule has 0 saturated carbocycles. The van der Waals surface area contributed by atoms with E-state index in [0.717, 1.165) is 6.42 Å². The number of hydrogen-bond donors (Lipinski definition) is 2. The van der Waals surface area contributed by atoms with Gasteiger partial charge < -0.3 is 11.1 Å². The minimum atomic E-state index is -0.827. The third kappa shape index (κ3) is 5.89. The Balaban J connectivity index is 3.78. The number of rotatable bonds is 6. The predicted molar refractivity (Wildman–Crippen MR) is 64.0 cm³/mol. The van der Waals surface area contributed by atoms with Crippen molar-refractivity contribution in [1.29, 1.82) is 0 Å². The van der Waals surface area contributed by atoms with Gasteiger partial charge >= 0.3 is 0 Å². The van der Waals surface area contributed by atoms with Crippen LogP contribution in [0.3, 0.4) is 0 Å². The molecule has 0 heterocycles. The maximum Gasteiger partial charge on any atom is 0.237 e. The first-order valence-corrected chi connectivity index (χ1v) is 6.84. The van der Waals surface area contributed by atoms with E-state index in [1.165, 1.54) is 0 Å². The van der Waals surface area contributed by atoms with E-state index >= 15 is 0 Å². The highest BCUT2D eigenvalue weighted by atomic mass is 32.2. The minimum absolute atomic E-state index is 0.112. The molecule has 0 radical (unpaired) electrons. The van der Waals surface area contributed by atoms with Gasteiger partial charge in [-0.1, -0.05) is 20.8 Å². The molecule has 0 aromatic rings. The lowest BCUT2D eigenvalue weighted by atomic mass is 10.1. The fourth-order valence-corrected chi connectivity index (χ4v) is 1.43. The normalized spacial score (nSPS) is 17.2. The zero-order valence-electron chi connectivity index (χ0n) is 9.95. The van der Waals surface area contributed by atoms with E-state index in [0.29, 0.717) is 6.54 Å². The van der Waals surface area contributed by atoms with E-state index in [4.69, 9.17) is 5.73 Å². The second-order valence-corrected chi connectivity index (χ2v) is 5.96. The summed E-state index contributed by atoms with van der Waals surface area (Å²) in [7, 11) is -0.827. The molecule has 0 aromatic carbocycles. The van der Waals surface area contributed by atoms with Gasteiger partial charge in [0, 0.05) is 28.9 Å². The molecule has 15 heavy (non-hydrogen) atoms. The van der Waals surface area contributed by atoms with Crippen molar-refractivity contribution >= 4 is 16.7 Å². The summed E-state index contributed by atoms with van der Waals surface area (Å²) >= 11 is 0. The zero-order valence-corrected chi connectivity index (χ0v) is 10.8. The smallest absolute Gasteiger partial charge is 0.237 e. The second kappa shape index (κ2) is 6.95. The van der Waals surface area contributed by atoms with Crippen molar-refractivity contribution in [3.05, 3.63) is 0 Å². The van der Waals surface area contributed by atoms with Crippen LogP contribution < -0.4 is 11.1 Å². The lowest BCUT2D eigenvalue weighted by Crippen LogP contribution is -2.44. The third-order valence-electron chi connectivity index (χ3n) is 2.44. The molecule has 90 valence electrons. The quantitative estimate of drug-likeness (QED) is 0.691. The molecule has 0 spiro atoms. The van der Waals surface area contributed by atoms with Crippen LogP contribution in [0.1, 0.15) is 27.2 Å². The van der Waals surface area contributed by atoms with Crippen LogP contribution in [0.25, 0.3) is 0 Å². The van der Waals surface area contributed by atoms with Crippen LogP contribution >= 0.6 is 0 Å². The van der Waals surface area contributed by atoms with Gasteiger partial charge in [-0.25, -0.2) is 0 Å². The van der Waals surface area contributed by atoms with E-state index in [1.807, 2.05) is 20.8 Å². The first-order chi connectivity index (χ1) is 6.86. The van der Waals surface area contributed by atoms with Gasteiger partial charge in [-0.05, 0) is 12.3 Å². The van der Waals surface area contributed by atoms with Crippen LogP contribution in [0, 0.1) is 5.92 Å². The van der Waals surface area contributed by atoms with Crippen molar-refractivity contribution in [2.24, 2.45) is 11.7 Å². The maximum atomic E-state index is 11.4. The third-order valence-corrected chi connectivity index (χ3v) is 3.81.